The number of halogens is 1. The van der Waals surface area contributed by atoms with Gasteiger partial charge >= 0.3 is 0 Å². The van der Waals surface area contributed by atoms with Crippen LogP contribution >= 0.6 is 0 Å². The summed E-state index contributed by atoms with van der Waals surface area (Å²) in [6, 6.07) is 0. The summed E-state index contributed by atoms with van der Waals surface area (Å²) in [5.74, 6) is -0.160. The Balaban J connectivity index is 0.000000146. The Morgan fingerprint density at radius 3 is 2.00 bits per heavy atom. The van der Waals surface area contributed by atoms with Crippen LogP contribution < -0.4 is 0 Å². The summed E-state index contributed by atoms with van der Waals surface area (Å²) in [6.45, 7) is 0.683. The molecule has 0 aromatic rings. The van der Waals surface area contributed by atoms with Gasteiger partial charge in [-0.2, -0.15) is 4.39 Å². The molecule has 0 aromatic carbocycles. The van der Waals surface area contributed by atoms with E-state index in [1.807, 2.05) is 6.08 Å². The zero-order chi connectivity index (χ0) is 10.2. The van der Waals surface area contributed by atoms with Crippen LogP contribution in [0.1, 0.15) is 12.8 Å². The highest BCUT2D eigenvalue weighted by molar-refractivity contribution is 5.12. The van der Waals surface area contributed by atoms with E-state index >= 15 is 0 Å². The summed E-state index contributed by atoms with van der Waals surface area (Å²) in [5.41, 5.74) is 0. The van der Waals surface area contributed by atoms with E-state index in [0.29, 0.717) is 6.54 Å². The lowest BCUT2D eigenvalue weighted by Gasteiger charge is -2.15. The predicted octanol–water partition coefficient (Wildman–Crippen LogP) is 3.19. The fourth-order valence-electron chi connectivity index (χ4n) is 1.12. The Labute approximate surface area is 84.9 Å². The average molecular weight is 193 g/mol. The van der Waals surface area contributed by atoms with Crippen LogP contribution in [0.3, 0.4) is 0 Å². The second-order valence-electron chi connectivity index (χ2n) is 3.23. The topological polar surface area (TPSA) is 3.24 Å². The van der Waals surface area contributed by atoms with Crippen LogP contribution in [0.2, 0.25) is 0 Å². The number of hydrogen-bond donors (Lipinski definition) is 0. The summed E-state index contributed by atoms with van der Waals surface area (Å²) in [7, 11) is 1.72. The number of nitrogens with zero attached hydrogens (tertiary/aromatic N) is 1. The third-order valence-electron chi connectivity index (χ3n) is 2.00. The summed E-state index contributed by atoms with van der Waals surface area (Å²) in [5, 5.41) is 0. The van der Waals surface area contributed by atoms with Crippen LogP contribution in [0.4, 0.5) is 4.39 Å². The number of hydrogen-bond acceptors (Lipinski definition) is 1. The standard InChI is InChI=1S/C6H8FN.C6H8/c1-8-5-3-2-4-6(8)7;1-2-4-6-5-3-1/h2-4H,5H2,1H3;1-4H,5-6H2. The lowest BCUT2D eigenvalue weighted by Crippen LogP contribution is -2.16. The quantitative estimate of drug-likeness (QED) is 0.534. The van der Waals surface area contributed by atoms with Crippen molar-refractivity contribution in [2.24, 2.45) is 0 Å². The van der Waals surface area contributed by atoms with Gasteiger partial charge in [0.1, 0.15) is 0 Å². The first-order valence-electron chi connectivity index (χ1n) is 4.86. The molecule has 14 heavy (non-hydrogen) atoms. The molecule has 0 aromatic heterocycles. The van der Waals surface area contributed by atoms with Crippen LogP contribution in [0.25, 0.3) is 0 Å². The molecular formula is C12H16FN. The van der Waals surface area contributed by atoms with Gasteiger partial charge in [0.15, 0.2) is 5.95 Å². The minimum atomic E-state index is -0.160. The number of allylic oxidation sites excluding steroid dienone is 6. The third kappa shape index (κ3) is 4.08. The van der Waals surface area contributed by atoms with E-state index in [0.717, 1.165) is 0 Å². The smallest absolute Gasteiger partial charge is 0.189 e. The Morgan fingerprint density at radius 1 is 1.07 bits per heavy atom. The van der Waals surface area contributed by atoms with E-state index in [1.54, 1.807) is 18.0 Å². The highest BCUT2D eigenvalue weighted by Gasteiger charge is 2.01. The zero-order valence-corrected chi connectivity index (χ0v) is 8.49. The van der Waals surface area contributed by atoms with Gasteiger partial charge in [-0.05, 0) is 18.9 Å². The molecule has 0 N–H and O–H groups in total. The molecule has 0 saturated carbocycles. The largest absolute Gasteiger partial charge is 0.348 e. The molecule has 2 aliphatic rings. The van der Waals surface area contributed by atoms with E-state index in [-0.39, 0.29) is 5.95 Å². The molecule has 0 radical (unpaired) electrons. The Kier molecular flexibility index (Phi) is 4.76. The molecule has 1 aliphatic carbocycles. The van der Waals surface area contributed by atoms with E-state index in [2.05, 4.69) is 24.3 Å². The van der Waals surface area contributed by atoms with Gasteiger partial charge in [0.05, 0.1) is 0 Å². The molecular weight excluding hydrogens is 177 g/mol. The summed E-state index contributed by atoms with van der Waals surface area (Å²) < 4.78 is 12.3. The van der Waals surface area contributed by atoms with E-state index in [1.165, 1.54) is 18.9 Å². The fourth-order valence-corrected chi connectivity index (χ4v) is 1.12. The second-order valence-corrected chi connectivity index (χ2v) is 3.23. The Bertz CT molecular complexity index is 262. The van der Waals surface area contributed by atoms with Crippen LogP contribution in [-0.2, 0) is 0 Å². The first-order valence-corrected chi connectivity index (χ1v) is 4.86. The highest BCUT2D eigenvalue weighted by atomic mass is 19.1. The molecule has 0 bridgehead atoms. The number of rotatable bonds is 0. The third-order valence-corrected chi connectivity index (χ3v) is 2.00. The second kappa shape index (κ2) is 6.19. The molecule has 0 amide bonds. The van der Waals surface area contributed by atoms with Gasteiger partial charge in [0, 0.05) is 13.6 Å². The van der Waals surface area contributed by atoms with Gasteiger partial charge < -0.3 is 4.90 Å². The van der Waals surface area contributed by atoms with Gasteiger partial charge in [-0.1, -0.05) is 36.5 Å². The molecule has 76 valence electrons. The first kappa shape index (κ1) is 10.8. The minimum absolute atomic E-state index is 0.160. The molecule has 0 spiro atoms. The van der Waals surface area contributed by atoms with Crippen molar-refractivity contribution in [3.05, 3.63) is 48.5 Å². The van der Waals surface area contributed by atoms with Crippen molar-refractivity contribution in [2.45, 2.75) is 12.8 Å². The lowest BCUT2D eigenvalue weighted by molar-refractivity contribution is 0.342. The van der Waals surface area contributed by atoms with Crippen LogP contribution in [-0.4, -0.2) is 18.5 Å². The molecule has 1 aliphatic heterocycles. The minimum Gasteiger partial charge on any atom is -0.348 e. The Morgan fingerprint density at radius 2 is 1.71 bits per heavy atom. The first-order chi connectivity index (χ1) is 6.80. The van der Waals surface area contributed by atoms with Crippen molar-refractivity contribution >= 4 is 0 Å². The van der Waals surface area contributed by atoms with Crippen LogP contribution in [0.15, 0.2) is 48.5 Å². The van der Waals surface area contributed by atoms with E-state index < -0.39 is 0 Å². The lowest BCUT2D eigenvalue weighted by atomic mass is 10.2. The van der Waals surface area contributed by atoms with Gasteiger partial charge in [-0.3, -0.25) is 0 Å². The SMILES string of the molecule is C1=CCCC=C1.CN1CC=CC=C1F. The fraction of sp³-hybridized carbons (Fsp3) is 0.333. The van der Waals surface area contributed by atoms with Crippen molar-refractivity contribution in [2.75, 3.05) is 13.6 Å². The van der Waals surface area contributed by atoms with E-state index in [4.69, 9.17) is 0 Å². The van der Waals surface area contributed by atoms with Crippen molar-refractivity contribution in [1.82, 2.24) is 4.90 Å². The molecule has 0 saturated heterocycles. The van der Waals surface area contributed by atoms with Crippen molar-refractivity contribution in [1.29, 1.82) is 0 Å². The van der Waals surface area contributed by atoms with E-state index in [9.17, 15) is 4.39 Å². The van der Waals surface area contributed by atoms with Gasteiger partial charge in [-0.15, -0.1) is 0 Å². The maximum atomic E-state index is 12.3. The molecule has 2 heteroatoms. The van der Waals surface area contributed by atoms with Crippen molar-refractivity contribution in [3.8, 4) is 0 Å². The maximum Gasteiger partial charge on any atom is 0.189 e. The van der Waals surface area contributed by atoms with Crippen molar-refractivity contribution in [3.63, 3.8) is 0 Å². The monoisotopic (exact) mass is 193 g/mol. The molecule has 0 unspecified atom stereocenters. The molecule has 1 heterocycles. The summed E-state index contributed by atoms with van der Waals surface area (Å²) >= 11 is 0. The van der Waals surface area contributed by atoms with Gasteiger partial charge in [0.2, 0.25) is 0 Å². The molecule has 1 nitrogen and oxygen atoms in total. The molecule has 0 atom stereocenters. The summed E-state index contributed by atoms with van der Waals surface area (Å²) in [6.07, 6.45) is 16.1. The van der Waals surface area contributed by atoms with Crippen LogP contribution in [0.5, 0.6) is 0 Å². The van der Waals surface area contributed by atoms with Gasteiger partial charge in [-0.25, -0.2) is 0 Å². The van der Waals surface area contributed by atoms with Crippen LogP contribution in [0, 0.1) is 0 Å². The predicted molar refractivity (Wildman–Crippen MR) is 58.5 cm³/mol. The van der Waals surface area contributed by atoms with Crippen molar-refractivity contribution < 1.29 is 4.39 Å². The summed E-state index contributed by atoms with van der Waals surface area (Å²) in [4.78, 5) is 1.54. The number of likely N-dealkylation sites (N-methyl/N-ethyl adjacent to an activating group) is 1. The average Bonchev–Trinajstić information content (AvgIpc) is 2.26. The molecule has 0 fully saturated rings. The maximum absolute atomic E-state index is 12.3. The Hall–Kier alpha value is -1.31. The normalized spacial score (nSPS) is 18.7. The highest BCUT2D eigenvalue weighted by Crippen LogP contribution is 2.06. The molecule has 2 rings (SSSR count). The zero-order valence-electron chi connectivity index (χ0n) is 8.49. The van der Waals surface area contributed by atoms with Gasteiger partial charge in [0.25, 0.3) is 0 Å².